The molecule has 0 heterocycles. The molecule has 1 N–H and O–H groups in total. The van der Waals surface area contributed by atoms with Crippen molar-refractivity contribution < 1.29 is 13.2 Å². The molecule has 0 radical (unpaired) electrons. The van der Waals surface area contributed by atoms with Crippen molar-refractivity contribution in [1.82, 2.24) is 5.32 Å². The summed E-state index contributed by atoms with van der Waals surface area (Å²) in [7, 11) is -1.38. The number of hydrogen-bond donors (Lipinski definition) is 1. The first kappa shape index (κ1) is 13.9. The summed E-state index contributed by atoms with van der Waals surface area (Å²) >= 11 is 0. The summed E-state index contributed by atoms with van der Waals surface area (Å²) in [6, 6.07) is 0.627. The predicted molar refractivity (Wildman–Crippen MR) is 65.4 cm³/mol. The first-order chi connectivity index (χ1) is 7.64. The largest absolute Gasteiger partial charge is 0.384 e. The lowest BCUT2D eigenvalue weighted by Gasteiger charge is -2.11. The molecule has 0 aromatic rings. The molecule has 1 fully saturated rings. The van der Waals surface area contributed by atoms with Crippen molar-refractivity contribution in [3.05, 3.63) is 0 Å². The fraction of sp³-hybridized carbons (Fsp3) is 1.00. The van der Waals surface area contributed by atoms with Gasteiger partial charge in [-0.15, -0.1) is 0 Å². The van der Waals surface area contributed by atoms with Gasteiger partial charge in [0.25, 0.3) is 0 Å². The third-order valence-corrected chi connectivity index (χ3v) is 4.72. The Bertz CT molecular complexity index is 271. The number of nitrogens with one attached hydrogen (secondary N) is 1. The van der Waals surface area contributed by atoms with Gasteiger partial charge in [-0.25, -0.2) is 8.42 Å². The molecule has 0 atom stereocenters. The predicted octanol–water partition coefficient (Wildman–Crippen LogP) is 0.970. The van der Waals surface area contributed by atoms with Gasteiger partial charge in [-0.1, -0.05) is 12.8 Å². The molecule has 0 aromatic heterocycles. The standard InChI is InChI=1S/C11H23NO3S/c1-15-8-10-16(13,14)9-4-7-12-11-5-2-3-6-11/h11-12H,2-10H2,1H3. The van der Waals surface area contributed by atoms with Gasteiger partial charge in [-0.3, -0.25) is 0 Å². The van der Waals surface area contributed by atoms with Crippen molar-refractivity contribution in [2.75, 3.05) is 31.8 Å². The Morgan fingerprint density at radius 3 is 2.56 bits per heavy atom. The maximum Gasteiger partial charge on any atom is 0.152 e. The molecule has 1 aliphatic carbocycles. The van der Waals surface area contributed by atoms with Crippen LogP contribution >= 0.6 is 0 Å². The Morgan fingerprint density at radius 1 is 1.25 bits per heavy atom. The van der Waals surface area contributed by atoms with Gasteiger partial charge < -0.3 is 10.1 Å². The van der Waals surface area contributed by atoms with Crippen LogP contribution in [0, 0.1) is 0 Å². The molecule has 0 aliphatic heterocycles. The van der Waals surface area contributed by atoms with Gasteiger partial charge in [-0.2, -0.15) is 0 Å². The summed E-state index contributed by atoms with van der Waals surface area (Å²) in [5.74, 6) is 0.420. The molecule has 0 aromatic carbocycles. The SMILES string of the molecule is COCCS(=O)(=O)CCCNC1CCCC1. The summed E-state index contributed by atoms with van der Waals surface area (Å²) in [5.41, 5.74) is 0. The molecule has 0 bridgehead atoms. The van der Waals surface area contributed by atoms with E-state index in [0.29, 0.717) is 19.1 Å². The summed E-state index contributed by atoms with van der Waals surface area (Å²) in [6.45, 7) is 1.12. The zero-order valence-corrected chi connectivity index (χ0v) is 10.9. The van der Waals surface area contributed by atoms with Crippen molar-refractivity contribution >= 4 is 9.84 Å². The highest BCUT2D eigenvalue weighted by Gasteiger charge is 2.14. The molecule has 0 amide bonds. The van der Waals surface area contributed by atoms with E-state index in [4.69, 9.17) is 4.74 Å². The molecular formula is C11H23NO3S. The third-order valence-electron chi connectivity index (χ3n) is 3.02. The normalized spacial score (nSPS) is 18.1. The highest BCUT2D eigenvalue weighted by Crippen LogP contribution is 2.17. The van der Waals surface area contributed by atoms with Gasteiger partial charge in [0, 0.05) is 13.2 Å². The van der Waals surface area contributed by atoms with Gasteiger partial charge in [-0.05, 0) is 25.8 Å². The van der Waals surface area contributed by atoms with Crippen LogP contribution in [0.3, 0.4) is 0 Å². The first-order valence-electron chi connectivity index (χ1n) is 6.07. The van der Waals surface area contributed by atoms with Crippen LogP contribution in [0.5, 0.6) is 0 Å². The molecule has 0 saturated heterocycles. The minimum Gasteiger partial charge on any atom is -0.384 e. The van der Waals surface area contributed by atoms with E-state index in [1.807, 2.05) is 0 Å². The minimum atomic E-state index is -2.90. The highest BCUT2D eigenvalue weighted by molar-refractivity contribution is 7.91. The van der Waals surface area contributed by atoms with Gasteiger partial charge in [0.05, 0.1) is 18.1 Å². The zero-order chi connectivity index (χ0) is 11.9. The smallest absolute Gasteiger partial charge is 0.152 e. The molecule has 0 spiro atoms. The molecule has 1 saturated carbocycles. The molecule has 96 valence electrons. The second-order valence-corrected chi connectivity index (χ2v) is 6.74. The average molecular weight is 249 g/mol. The molecular weight excluding hydrogens is 226 g/mol. The van der Waals surface area contributed by atoms with Crippen LogP contribution in [0.1, 0.15) is 32.1 Å². The Labute approximate surface area is 98.7 Å². The number of rotatable bonds is 8. The molecule has 1 aliphatic rings. The molecule has 16 heavy (non-hydrogen) atoms. The molecule has 1 rings (SSSR count). The van der Waals surface area contributed by atoms with Crippen molar-refractivity contribution in [2.24, 2.45) is 0 Å². The lowest BCUT2D eigenvalue weighted by molar-refractivity contribution is 0.217. The number of sulfone groups is 1. The number of methoxy groups -OCH3 is 1. The first-order valence-corrected chi connectivity index (χ1v) is 7.89. The van der Waals surface area contributed by atoms with Crippen LogP contribution in [0.15, 0.2) is 0 Å². The summed E-state index contributed by atoms with van der Waals surface area (Å²) in [5, 5.41) is 3.41. The van der Waals surface area contributed by atoms with Gasteiger partial charge >= 0.3 is 0 Å². The Morgan fingerprint density at radius 2 is 1.94 bits per heavy atom. The average Bonchev–Trinajstić information content (AvgIpc) is 2.75. The topological polar surface area (TPSA) is 55.4 Å². The van der Waals surface area contributed by atoms with E-state index in [2.05, 4.69) is 5.32 Å². The van der Waals surface area contributed by atoms with E-state index >= 15 is 0 Å². The van der Waals surface area contributed by atoms with Gasteiger partial charge in [0.2, 0.25) is 0 Å². The zero-order valence-electron chi connectivity index (χ0n) is 10.1. The van der Waals surface area contributed by atoms with Gasteiger partial charge in [0.1, 0.15) is 0 Å². The van der Waals surface area contributed by atoms with Crippen LogP contribution in [-0.4, -0.2) is 46.2 Å². The maximum atomic E-state index is 11.5. The quantitative estimate of drug-likeness (QED) is 0.651. The van der Waals surface area contributed by atoms with Crippen LogP contribution in [0.2, 0.25) is 0 Å². The number of ether oxygens (including phenoxy) is 1. The summed E-state index contributed by atoms with van der Waals surface area (Å²) in [4.78, 5) is 0. The monoisotopic (exact) mass is 249 g/mol. The van der Waals surface area contributed by atoms with Crippen molar-refractivity contribution in [3.8, 4) is 0 Å². The Balaban J connectivity index is 2.05. The molecule has 5 heteroatoms. The second-order valence-electron chi connectivity index (χ2n) is 4.43. The van der Waals surface area contributed by atoms with Crippen molar-refractivity contribution in [1.29, 1.82) is 0 Å². The lowest BCUT2D eigenvalue weighted by atomic mass is 10.2. The van der Waals surface area contributed by atoms with Crippen LogP contribution in [0.25, 0.3) is 0 Å². The van der Waals surface area contributed by atoms with E-state index in [1.165, 1.54) is 32.8 Å². The van der Waals surface area contributed by atoms with Crippen molar-refractivity contribution in [3.63, 3.8) is 0 Å². The maximum absolute atomic E-state index is 11.5. The van der Waals surface area contributed by atoms with E-state index in [9.17, 15) is 8.42 Å². The van der Waals surface area contributed by atoms with Gasteiger partial charge in [0.15, 0.2) is 9.84 Å². The van der Waals surface area contributed by atoms with E-state index in [1.54, 1.807) is 0 Å². The van der Waals surface area contributed by atoms with E-state index < -0.39 is 9.84 Å². The van der Waals surface area contributed by atoms with E-state index in [0.717, 1.165) is 6.54 Å². The fourth-order valence-corrected chi connectivity index (χ4v) is 3.25. The Hall–Kier alpha value is -0.130. The third kappa shape index (κ3) is 5.82. The number of hydrogen-bond acceptors (Lipinski definition) is 4. The van der Waals surface area contributed by atoms with Crippen molar-refractivity contribution in [2.45, 2.75) is 38.1 Å². The van der Waals surface area contributed by atoms with Crippen LogP contribution < -0.4 is 5.32 Å². The summed E-state index contributed by atoms with van der Waals surface area (Å²) < 4.78 is 27.7. The lowest BCUT2D eigenvalue weighted by Crippen LogP contribution is -2.28. The second kappa shape index (κ2) is 7.25. The highest BCUT2D eigenvalue weighted by atomic mass is 32.2. The molecule has 0 unspecified atom stereocenters. The van der Waals surface area contributed by atoms with E-state index in [-0.39, 0.29) is 11.5 Å². The molecule has 4 nitrogen and oxygen atoms in total. The minimum absolute atomic E-state index is 0.146. The Kier molecular flexibility index (Phi) is 6.31. The van der Waals surface area contributed by atoms with Crippen LogP contribution in [-0.2, 0) is 14.6 Å². The van der Waals surface area contributed by atoms with Crippen LogP contribution in [0.4, 0.5) is 0 Å². The fourth-order valence-electron chi connectivity index (χ4n) is 2.04. The summed E-state index contributed by atoms with van der Waals surface area (Å²) in [6.07, 6.45) is 5.82.